The van der Waals surface area contributed by atoms with E-state index in [2.05, 4.69) is 14.1 Å². The van der Waals surface area contributed by atoms with Gasteiger partial charge in [0.05, 0.1) is 5.92 Å². The molecule has 0 radical (unpaired) electrons. The van der Waals surface area contributed by atoms with Gasteiger partial charge in [0.1, 0.15) is 0 Å². The van der Waals surface area contributed by atoms with Crippen molar-refractivity contribution < 1.29 is 14.7 Å². The number of hydrogen-bond donors (Lipinski definition) is 1. The summed E-state index contributed by atoms with van der Waals surface area (Å²) < 4.78 is 2.25. The van der Waals surface area contributed by atoms with Crippen molar-refractivity contribution in [1.82, 2.24) is 9.57 Å². The molecular formula is C14H25N2O3P. The van der Waals surface area contributed by atoms with Crippen molar-refractivity contribution in [3.05, 3.63) is 0 Å². The molecule has 0 aromatic rings. The summed E-state index contributed by atoms with van der Waals surface area (Å²) in [6, 6.07) is 0. The van der Waals surface area contributed by atoms with Crippen molar-refractivity contribution in [2.75, 3.05) is 26.2 Å². The van der Waals surface area contributed by atoms with Crippen molar-refractivity contribution in [2.45, 2.75) is 38.5 Å². The zero-order valence-corrected chi connectivity index (χ0v) is 13.1. The van der Waals surface area contributed by atoms with Gasteiger partial charge in [0.15, 0.2) is 0 Å². The normalized spacial score (nSPS) is 25.6. The fourth-order valence-electron chi connectivity index (χ4n) is 3.13. The van der Waals surface area contributed by atoms with Crippen LogP contribution < -0.4 is 0 Å². The highest BCUT2D eigenvalue weighted by atomic mass is 31.0. The van der Waals surface area contributed by atoms with Gasteiger partial charge in [-0.3, -0.25) is 14.3 Å². The van der Waals surface area contributed by atoms with Crippen LogP contribution in [0.25, 0.3) is 0 Å². The maximum atomic E-state index is 12.2. The summed E-state index contributed by atoms with van der Waals surface area (Å²) in [6.45, 7) is 3.31. The van der Waals surface area contributed by atoms with Gasteiger partial charge >= 0.3 is 5.97 Å². The topological polar surface area (TPSA) is 60.9 Å². The number of hydrogen-bond acceptors (Lipinski definition) is 3. The largest absolute Gasteiger partial charge is 0.481 e. The van der Waals surface area contributed by atoms with Gasteiger partial charge in [-0.05, 0) is 38.0 Å². The second-order valence-corrected chi connectivity index (χ2v) is 6.77. The standard InChI is InChI=1S/C14H25N2O3P/c17-13(4-3-11-5-8-16(20)9-6-11)15-7-1-2-12(10-15)14(18)19/h11-12H,1-10,20H2,(H,18,19). The first kappa shape index (κ1) is 15.7. The lowest BCUT2D eigenvalue weighted by Gasteiger charge is -2.32. The monoisotopic (exact) mass is 300 g/mol. The van der Waals surface area contributed by atoms with Crippen molar-refractivity contribution >= 4 is 21.3 Å². The second-order valence-electron chi connectivity index (χ2n) is 6.04. The molecule has 0 spiro atoms. The number of rotatable bonds is 4. The van der Waals surface area contributed by atoms with E-state index in [-0.39, 0.29) is 11.8 Å². The molecule has 0 saturated carbocycles. The molecule has 6 heteroatoms. The molecule has 20 heavy (non-hydrogen) atoms. The predicted octanol–water partition coefficient (Wildman–Crippen LogP) is 1.59. The summed E-state index contributed by atoms with van der Waals surface area (Å²) in [7, 11) is 2.74. The summed E-state index contributed by atoms with van der Waals surface area (Å²) in [6.07, 6.45) is 5.36. The Morgan fingerprint density at radius 2 is 1.85 bits per heavy atom. The summed E-state index contributed by atoms with van der Waals surface area (Å²) in [5, 5.41) is 9.05. The van der Waals surface area contributed by atoms with Crippen molar-refractivity contribution in [3.63, 3.8) is 0 Å². The van der Waals surface area contributed by atoms with E-state index < -0.39 is 5.97 Å². The highest BCUT2D eigenvalue weighted by molar-refractivity contribution is 7.13. The fourth-order valence-corrected chi connectivity index (χ4v) is 3.43. The van der Waals surface area contributed by atoms with Crippen LogP contribution in [0.2, 0.25) is 0 Å². The van der Waals surface area contributed by atoms with Crippen LogP contribution >= 0.6 is 9.39 Å². The molecule has 1 amide bonds. The Kier molecular flexibility index (Phi) is 5.79. The van der Waals surface area contributed by atoms with Gasteiger partial charge < -0.3 is 10.0 Å². The highest BCUT2D eigenvalue weighted by Gasteiger charge is 2.28. The molecule has 2 heterocycles. The summed E-state index contributed by atoms with van der Waals surface area (Å²) in [4.78, 5) is 25.0. The molecule has 0 bridgehead atoms. The molecule has 2 aliphatic heterocycles. The first-order chi connectivity index (χ1) is 9.56. The Morgan fingerprint density at radius 1 is 1.15 bits per heavy atom. The first-order valence-corrected chi connectivity index (χ1v) is 8.08. The van der Waals surface area contributed by atoms with Crippen molar-refractivity contribution in [3.8, 4) is 0 Å². The lowest BCUT2D eigenvalue weighted by Crippen LogP contribution is -2.42. The van der Waals surface area contributed by atoms with E-state index in [1.54, 1.807) is 4.90 Å². The Bertz CT molecular complexity index is 356. The molecule has 0 aliphatic carbocycles. The van der Waals surface area contributed by atoms with E-state index in [0.29, 0.717) is 25.3 Å². The van der Waals surface area contributed by atoms with E-state index in [4.69, 9.17) is 5.11 Å². The molecule has 5 nitrogen and oxygen atoms in total. The fraction of sp³-hybridized carbons (Fsp3) is 0.857. The van der Waals surface area contributed by atoms with Gasteiger partial charge in [0.25, 0.3) is 0 Å². The Hall–Kier alpha value is -0.670. The van der Waals surface area contributed by atoms with Gasteiger partial charge in [0, 0.05) is 32.6 Å². The van der Waals surface area contributed by atoms with E-state index in [0.717, 1.165) is 45.3 Å². The molecule has 0 aromatic heterocycles. The molecule has 114 valence electrons. The quantitative estimate of drug-likeness (QED) is 0.801. The molecular weight excluding hydrogens is 275 g/mol. The Labute approximate surface area is 122 Å². The number of carboxylic acid groups (broad SMARTS) is 1. The zero-order chi connectivity index (χ0) is 14.5. The minimum absolute atomic E-state index is 0.143. The number of nitrogens with zero attached hydrogens (tertiary/aromatic N) is 2. The number of amides is 1. The highest BCUT2D eigenvalue weighted by Crippen LogP contribution is 2.24. The minimum Gasteiger partial charge on any atom is -0.481 e. The molecule has 2 aliphatic rings. The van der Waals surface area contributed by atoms with Gasteiger partial charge in [-0.2, -0.15) is 0 Å². The number of carboxylic acids is 1. The van der Waals surface area contributed by atoms with Crippen molar-refractivity contribution in [2.24, 2.45) is 11.8 Å². The van der Waals surface area contributed by atoms with Gasteiger partial charge in [-0.1, -0.05) is 9.39 Å². The van der Waals surface area contributed by atoms with E-state index in [1.165, 1.54) is 0 Å². The number of likely N-dealkylation sites (tertiary alicyclic amines) is 1. The Morgan fingerprint density at radius 3 is 2.50 bits per heavy atom. The summed E-state index contributed by atoms with van der Waals surface area (Å²) in [5.74, 6) is -0.344. The van der Waals surface area contributed by atoms with E-state index in [9.17, 15) is 9.59 Å². The van der Waals surface area contributed by atoms with Crippen LogP contribution in [0.4, 0.5) is 0 Å². The smallest absolute Gasteiger partial charge is 0.308 e. The SMILES string of the molecule is O=C(O)C1CCCN(C(=O)CCC2CCN(P)CC2)C1. The van der Waals surface area contributed by atoms with Crippen LogP contribution in [0.15, 0.2) is 0 Å². The van der Waals surface area contributed by atoms with Gasteiger partial charge in [-0.25, -0.2) is 0 Å². The van der Waals surface area contributed by atoms with Crippen LogP contribution in [0.5, 0.6) is 0 Å². The molecule has 1 N–H and O–H groups in total. The molecule has 2 saturated heterocycles. The van der Waals surface area contributed by atoms with Crippen LogP contribution in [0, 0.1) is 11.8 Å². The molecule has 2 atom stereocenters. The van der Waals surface area contributed by atoms with Crippen LogP contribution in [-0.2, 0) is 9.59 Å². The lowest BCUT2D eigenvalue weighted by atomic mass is 9.92. The second kappa shape index (κ2) is 7.37. The molecule has 2 unspecified atom stereocenters. The Balaban J connectivity index is 1.73. The van der Waals surface area contributed by atoms with Crippen molar-refractivity contribution in [1.29, 1.82) is 0 Å². The third kappa shape index (κ3) is 4.42. The van der Waals surface area contributed by atoms with Crippen LogP contribution in [-0.4, -0.2) is 52.7 Å². The molecule has 2 fully saturated rings. The minimum atomic E-state index is -0.768. The maximum Gasteiger partial charge on any atom is 0.308 e. The molecule has 0 aromatic carbocycles. The average molecular weight is 300 g/mol. The van der Waals surface area contributed by atoms with E-state index >= 15 is 0 Å². The van der Waals surface area contributed by atoms with Crippen LogP contribution in [0.3, 0.4) is 0 Å². The van der Waals surface area contributed by atoms with E-state index in [1.807, 2.05) is 0 Å². The summed E-state index contributed by atoms with van der Waals surface area (Å²) in [5.41, 5.74) is 0. The van der Waals surface area contributed by atoms with Gasteiger partial charge in [-0.15, -0.1) is 0 Å². The predicted molar refractivity (Wildman–Crippen MR) is 80.2 cm³/mol. The maximum absolute atomic E-state index is 12.2. The number of aliphatic carboxylic acids is 1. The third-order valence-corrected chi connectivity index (χ3v) is 5.06. The summed E-state index contributed by atoms with van der Waals surface area (Å²) >= 11 is 0. The number of piperidine rings is 2. The number of carbonyl (C=O) groups is 2. The first-order valence-electron chi connectivity index (χ1n) is 7.56. The molecule has 2 rings (SSSR count). The van der Waals surface area contributed by atoms with Gasteiger partial charge in [0.2, 0.25) is 5.91 Å². The average Bonchev–Trinajstić information content (AvgIpc) is 2.46. The zero-order valence-electron chi connectivity index (χ0n) is 12.0. The third-order valence-electron chi connectivity index (χ3n) is 4.54. The van der Waals surface area contributed by atoms with Crippen LogP contribution in [0.1, 0.15) is 38.5 Å². The number of carbonyl (C=O) groups excluding carboxylic acids is 1. The lowest BCUT2D eigenvalue weighted by molar-refractivity contribution is -0.145.